The van der Waals surface area contributed by atoms with Crippen LogP contribution in [0, 0.1) is 5.92 Å². The zero-order valence-corrected chi connectivity index (χ0v) is 8.96. The molecule has 1 fully saturated rings. The van der Waals surface area contributed by atoms with Crippen molar-refractivity contribution in [2.75, 3.05) is 25.1 Å². The summed E-state index contributed by atoms with van der Waals surface area (Å²) in [5.41, 5.74) is 0. The Kier molecular flexibility index (Phi) is 2.89. The molecule has 1 atom stereocenters. The average molecular weight is 223 g/mol. The lowest BCUT2D eigenvalue weighted by atomic mass is 10.1. The van der Waals surface area contributed by atoms with Gasteiger partial charge in [-0.25, -0.2) is 4.98 Å². The van der Waals surface area contributed by atoms with Gasteiger partial charge in [0.2, 0.25) is 11.8 Å². The number of nitrogens with zero attached hydrogens (tertiary/aromatic N) is 3. The van der Waals surface area contributed by atoms with Gasteiger partial charge < -0.3 is 14.7 Å². The van der Waals surface area contributed by atoms with Crippen LogP contribution in [0.25, 0.3) is 0 Å². The molecule has 0 bridgehead atoms. The standard InChI is InChI=1S/C10H13N3O3/c1-16-8-2-4-11-10(12-8)13-5-3-7(6-13)9(14)15/h2,4,7H,3,5-6H2,1H3,(H,14,15). The maximum Gasteiger partial charge on any atom is 0.308 e. The molecule has 1 aliphatic heterocycles. The number of methoxy groups -OCH3 is 1. The van der Waals surface area contributed by atoms with Crippen LogP contribution in [-0.2, 0) is 4.79 Å². The molecule has 1 aliphatic rings. The lowest BCUT2D eigenvalue weighted by Crippen LogP contribution is -2.24. The molecule has 0 aliphatic carbocycles. The van der Waals surface area contributed by atoms with E-state index in [1.54, 1.807) is 12.3 Å². The number of ether oxygens (including phenoxy) is 1. The van der Waals surface area contributed by atoms with Gasteiger partial charge in [0.05, 0.1) is 13.0 Å². The lowest BCUT2D eigenvalue weighted by Gasteiger charge is -2.15. The average Bonchev–Trinajstić information content (AvgIpc) is 2.78. The summed E-state index contributed by atoms with van der Waals surface area (Å²) < 4.78 is 4.99. The van der Waals surface area contributed by atoms with E-state index in [9.17, 15) is 4.79 Å². The van der Waals surface area contributed by atoms with E-state index < -0.39 is 5.97 Å². The summed E-state index contributed by atoms with van der Waals surface area (Å²) in [4.78, 5) is 20.9. The molecular weight excluding hydrogens is 210 g/mol. The molecule has 1 aromatic rings. The Morgan fingerprint density at radius 1 is 1.69 bits per heavy atom. The molecule has 1 N–H and O–H groups in total. The van der Waals surface area contributed by atoms with Crippen molar-refractivity contribution >= 4 is 11.9 Å². The third kappa shape index (κ3) is 2.05. The van der Waals surface area contributed by atoms with Crippen molar-refractivity contribution in [2.45, 2.75) is 6.42 Å². The van der Waals surface area contributed by atoms with Gasteiger partial charge in [0.25, 0.3) is 0 Å². The summed E-state index contributed by atoms with van der Waals surface area (Å²) in [6.07, 6.45) is 2.24. The first-order valence-electron chi connectivity index (χ1n) is 5.05. The SMILES string of the molecule is COc1ccnc(N2CCC(C(=O)O)C2)n1. The Balaban J connectivity index is 2.11. The van der Waals surface area contributed by atoms with Crippen LogP contribution in [0.15, 0.2) is 12.3 Å². The van der Waals surface area contributed by atoms with Crippen molar-refractivity contribution in [3.8, 4) is 5.88 Å². The molecule has 1 aromatic heterocycles. The molecule has 1 saturated heterocycles. The topological polar surface area (TPSA) is 75.5 Å². The van der Waals surface area contributed by atoms with Crippen LogP contribution in [0.3, 0.4) is 0 Å². The Morgan fingerprint density at radius 2 is 2.50 bits per heavy atom. The van der Waals surface area contributed by atoms with Crippen molar-refractivity contribution in [1.29, 1.82) is 0 Å². The van der Waals surface area contributed by atoms with Crippen LogP contribution in [-0.4, -0.2) is 41.2 Å². The first kappa shape index (κ1) is 10.7. The molecule has 1 unspecified atom stereocenters. The number of anilines is 1. The van der Waals surface area contributed by atoms with Crippen LogP contribution in [0.5, 0.6) is 5.88 Å². The fourth-order valence-corrected chi connectivity index (χ4v) is 1.74. The fourth-order valence-electron chi connectivity index (χ4n) is 1.74. The van der Waals surface area contributed by atoms with E-state index in [1.807, 2.05) is 4.90 Å². The molecule has 86 valence electrons. The number of carbonyl (C=O) groups is 1. The Bertz CT molecular complexity index is 397. The van der Waals surface area contributed by atoms with Gasteiger partial charge in [0, 0.05) is 25.4 Å². The predicted molar refractivity (Wildman–Crippen MR) is 56.5 cm³/mol. The van der Waals surface area contributed by atoms with Crippen LogP contribution < -0.4 is 9.64 Å². The van der Waals surface area contributed by atoms with Gasteiger partial charge in [-0.2, -0.15) is 4.98 Å². The summed E-state index contributed by atoms with van der Waals surface area (Å²) in [7, 11) is 1.54. The van der Waals surface area contributed by atoms with Crippen molar-refractivity contribution in [3.63, 3.8) is 0 Å². The number of carboxylic acid groups (broad SMARTS) is 1. The van der Waals surface area contributed by atoms with Gasteiger partial charge in [0.1, 0.15) is 0 Å². The van der Waals surface area contributed by atoms with Gasteiger partial charge in [-0.3, -0.25) is 4.79 Å². The summed E-state index contributed by atoms with van der Waals surface area (Å²) in [5.74, 6) is -0.0629. The summed E-state index contributed by atoms with van der Waals surface area (Å²) in [5, 5.41) is 8.89. The van der Waals surface area contributed by atoms with Gasteiger partial charge in [-0.05, 0) is 6.42 Å². The Morgan fingerprint density at radius 3 is 3.12 bits per heavy atom. The predicted octanol–water partition coefficient (Wildman–Crippen LogP) is 0.396. The zero-order chi connectivity index (χ0) is 11.5. The minimum atomic E-state index is -0.759. The normalized spacial score (nSPS) is 19.8. The van der Waals surface area contributed by atoms with Gasteiger partial charge in [-0.15, -0.1) is 0 Å². The molecule has 0 amide bonds. The monoisotopic (exact) mass is 223 g/mol. The van der Waals surface area contributed by atoms with E-state index in [2.05, 4.69) is 9.97 Å². The number of rotatable bonds is 3. The van der Waals surface area contributed by atoms with E-state index in [0.29, 0.717) is 31.3 Å². The molecule has 6 nitrogen and oxygen atoms in total. The molecule has 16 heavy (non-hydrogen) atoms. The highest BCUT2D eigenvalue weighted by atomic mass is 16.5. The number of aliphatic carboxylic acids is 1. The van der Waals surface area contributed by atoms with Crippen LogP contribution >= 0.6 is 0 Å². The summed E-state index contributed by atoms with van der Waals surface area (Å²) in [6.45, 7) is 1.13. The van der Waals surface area contributed by atoms with Crippen molar-refractivity contribution < 1.29 is 14.6 Å². The number of hydrogen-bond donors (Lipinski definition) is 1. The highest BCUT2D eigenvalue weighted by molar-refractivity contribution is 5.71. The number of hydrogen-bond acceptors (Lipinski definition) is 5. The second-order valence-electron chi connectivity index (χ2n) is 3.67. The Labute approximate surface area is 92.9 Å². The van der Waals surface area contributed by atoms with E-state index in [1.165, 1.54) is 7.11 Å². The molecule has 0 aromatic carbocycles. The highest BCUT2D eigenvalue weighted by Crippen LogP contribution is 2.21. The molecule has 0 saturated carbocycles. The van der Waals surface area contributed by atoms with Gasteiger partial charge >= 0.3 is 5.97 Å². The van der Waals surface area contributed by atoms with E-state index >= 15 is 0 Å². The molecular formula is C10H13N3O3. The molecule has 0 spiro atoms. The van der Waals surface area contributed by atoms with Crippen LogP contribution in [0.4, 0.5) is 5.95 Å². The smallest absolute Gasteiger partial charge is 0.308 e. The van der Waals surface area contributed by atoms with Crippen LogP contribution in [0.2, 0.25) is 0 Å². The minimum absolute atomic E-state index is 0.324. The molecule has 0 radical (unpaired) electrons. The largest absolute Gasteiger partial charge is 0.481 e. The first-order valence-corrected chi connectivity index (χ1v) is 5.05. The maximum absolute atomic E-state index is 10.8. The summed E-state index contributed by atoms with van der Waals surface area (Å²) >= 11 is 0. The van der Waals surface area contributed by atoms with Crippen molar-refractivity contribution in [3.05, 3.63) is 12.3 Å². The second kappa shape index (κ2) is 4.34. The highest BCUT2D eigenvalue weighted by Gasteiger charge is 2.29. The van der Waals surface area contributed by atoms with Crippen molar-refractivity contribution in [2.24, 2.45) is 5.92 Å². The van der Waals surface area contributed by atoms with Crippen LogP contribution in [0.1, 0.15) is 6.42 Å². The first-order chi connectivity index (χ1) is 7.70. The second-order valence-corrected chi connectivity index (χ2v) is 3.67. The minimum Gasteiger partial charge on any atom is -0.481 e. The molecule has 2 rings (SSSR count). The van der Waals surface area contributed by atoms with E-state index in [0.717, 1.165) is 0 Å². The number of carboxylic acids is 1. The quantitative estimate of drug-likeness (QED) is 0.799. The zero-order valence-electron chi connectivity index (χ0n) is 8.96. The lowest BCUT2D eigenvalue weighted by molar-refractivity contribution is -0.140. The fraction of sp³-hybridized carbons (Fsp3) is 0.500. The summed E-state index contributed by atoms with van der Waals surface area (Å²) in [6, 6.07) is 1.66. The number of aromatic nitrogens is 2. The molecule has 2 heterocycles. The van der Waals surface area contributed by atoms with Gasteiger partial charge in [-0.1, -0.05) is 0 Å². The third-order valence-corrected chi connectivity index (χ3v) is 2.65. The Hall–Kier alpha value is -1.85. The van der Waals surface area contributed by atoms with E-state index in [4.69, 9.17) is 9.84 Å². The maximum atomic E-state index is 10.8. The van der Waals surface area contributed by atoms with Crippen molar-refractivity contribution in [1.82, 2.24) is 9.97 Å². The van der Waals surface area contributed by atoms with E-state index in [-0.39, 0.29) is 5.92 Å². The third-order valence-electron chi connectivity index (χ3n) is 2.65. The van der Waals surface area contributed by atoms with Gasteiger partial charge in [0.15, 0.2) is 0 Å². The molecule has 6 heteroatoms.